The molecule has 35 heavy (non-hydrogen) atoms. The van der Waals surface area contributed by atoms with E-state index in [4.69, 9.17) is 17.2 Å². The van der Waals surface area contributed by atoms with Crippen LogP contribution in [0.1, 0.15) is 66.2 Å². The normalized spacial score (nSPS) is 18.9. The number of nitrogens with two attached hydrogens (primary N) is 3. The third kappa shape index (κ3) is 9.71. The topological polar surface area (TPSA) is 206 Å². The molecule has 1 fully saturated rings. The number of likely N-dealkylation sites (tertiary alicyclic amines) is 1. The number of nitrogens with zero attached hydrogens (tertiary/aromatic N) is 2. The van der Waals surface area contributed by atoms with E-state index in [-0.39, 0.29) is 30.1 Å². The standard InChI is InChI=1S/C23H43N7O5/c1-5-14(4)18(20(32)28-16(22(34)35)12-13(2)3)29-19(31)17-9-7-11-30(17)21(33)15(24)8-6-10-27-23(25)26/h13-18H,5-12,24H2,1-4H3,(H,28,32)(H,29,31)(H,34,35)(H4,25,26,27). The first kappa shape index (κ1) is 30.1. The van der Waals surface area contributed by atoms with Gasteiger partial charge in [0.15, 0.2) is 5.96 Å². The Balaban J connectivity index is 2.87. The first-order chi connectivity index (χ1) is 16.4. The molecular weight excluding hydrogens is 454 g/mol. The van der Waals surface area contributed by atoms with E-state index in [1.807, 2.05) is 27.7 Å². The summed E-state index contributed by atoms with van der Waals surface area (Å²) in [6.07, 6.45) is 2.85. The second kappa shape index (κ2) is 14.5. The largest absolute Gasteiger partial charge is 0.480 e. The number of hydrogen-bond donors (Lipinski definition) is 6. The van der Waals surface area contributed by atoms with E-state index in [9.17, 15) is 24.3 Å². The average Bonchev–Trinajstić information content (AvgIpc) is 3.27. The molecule has 0 aliphatic carbocycles. The van der Waals surface area contributed by atoms with Gasteiger partial charge >= 0.3 is 5.97 Å². The smallest absolute Gasteiger partial charge is 0.326 e. The van der Waals surface area contributed by atoms with Crippen molar-refractivity contribution in [1.82, 2.24) is 15.5 Å². The molecule has 3 amide bonds. The maximum Gasteiger partial charge on any atom is 0.326 e. The molecule has 200 valence electrons. The van der Waals surface area contributed by atoms with Crippen molar-refractivity contribution in [2.75, 3.05) is 13.1 Å². The zero-order chi connectivity index (χ0) is 26.7. The summed E-state index contributed by atoms with van der Waals surface area (Å²) in [5, 5.41) is 14.8. The lowest BCUT2D eigenvalue weighted by atomic mass is 9.96. The van der Waals surface area contributed by atoms with Crippen LogP contribution in [0.2, 0.25) is 0 Å². The molecule has 12 heteroatoms. The number of hydrogen-bond acceptors (Lipinski definition) is 6. The average molecular weight is 498 g/mol. The minimum atomic E-state index is -1.12. The summed E-state index contributed by atoms with van der Waals surface area (Å²) in [4.78, 5) is 56.0. The summed E-state index contributed by atoms with van der Waals surface area (Å²) in [6.45, 7) is 8.18. The van der Waals surface area contributed by atoms with Gasteiger partial charge in [-0.3, -0.25) is 19.4 Å². The molecule has 5 unspecified atom stereocenters. The number of carboxylic acid groups (broad SMARTS) is 1. The third-order valence-electron chi connectivity index (χ3n) is 6.24. The molecule has 0 aromatic heterocycles. The lowest BCUT2D eigenvalue weighted by Crippen LogP contribution is -2.58. The minimum Gasteiger partial charge on any atom is -0.480 e. The van der Waals surface area contributed by atoms with E-state index < -0.39 is 42.0 Å². The molecule has 9 N–H and O–H groups in total. The number of aliphatic imine (C=N–C) groups is 1. The van der Waals surface area contributed by atoms with E-state index in [0.29, 0.717) is 45.2 Å². The fourth-order valence-electron chi connectivity index (χ4n) is 4.06. The van der Waals surface area contributed by atoms with Gasteiger partial charge in [-0.1, -0.05) is 34.1 Å². The molecule has 0 aromatic carbocycles. The van der Waals surface area contributed by atoms with Gasteiger partial charge in [0, 0.05) is 13.1 Å². The first-order valence-corrected chi connectivity index (χ1v) is 12.3. The Hall–Kier alpha value is -2.89. The van der Waals surface area contributed by atoms with Crippen molar-refractivity contribution in [2.45, 2.75) is 90.4 Å². The summed E-state index contributed by atoms with van der Waals surface area (Å²) in [5.41, 5.74) is 16.7. The van der Waals surface area contributed by atoms with Gasteiger partial charge in [0.05, 0.1) is 6.04 Å². The fraction of sp³-hybridized carbons (Fsp3) is 0.783. The highest BCUT2D eigenvalue weighted by atomic mass is 16.4. The van der Waals surface area contributed by atoms with Crippen molar-refractivity contribution >= 4 is 29.7 Å². The summed E-state index contributed by atoms with van der Waals surface area (Å²) < 4.78 is 0. The Labute approximate surface area is 207 Å². The van der Waals surface area contributed by atoms with Gasteiger partial charge in [0.1, 0.15) is 18.1 Å². The molecule has 1 heterocycles. The number of amides is 3. The fourth-order valence-corrected chi connectivity index (χ4v) is 4.06. The first-order valence-electron chi connectivity index (χ1n) is 12.3. The Morgan fingerprint density at radius 2 is 1.80 bits per heavy atom. The zero-order valence-corrected chi connectivity index (χ0v) is 21.3. The molecule has 0 spiro atoms. The summed E-state index contributed by atoms with van der Waals surface area (Å²) in [7, 11) is 0. The molecule has 0 radical (unpaired) electrons. The lowest BCUT2D eigenvalue weighted by Gasteiger charge is -2.30. The monoisotopic (exact) mass is 497 g/mol. The molecule has 12 nitrogen and oxygen atoms in total. The van der Waals surface area contributed by atoms with Crippen molar-refractivity contribution in [3.63, 3.8) is 0 Å². The van der Waals surface area contributed by atoms with Gasteiger partial charge in [0.2, 0.25) is 17.7 Å². The predicted molar refractivity (Wildman–Crippen MR) is 133 cm³/mol. The van der Waals surface area contributed by atoms with Crippen LogP contribution in [0, 0.1) is 11.8 Å². The molecule has 0 bridgehead atoms. The van der Waals surface area contributed by atoms with Crippen LogP contribution in [0.5, 0.6) is 0 Å². The van der Waals surface area contributed by atoms with Gasteiger partial charge in [-0.2, -0.15) is 0 Å². The van der Waals surface area contributed by atoms with Gasteiger partial charge in [-0.15, -0.1) is 0 Å². The molecular formula is C23H43N7O5. The number of nitrogens with one attached hydrogen (secondary N) is 2. The molecule has 1 aliphatic rings. The Morgan fingerprint density at radius 3 is 2.34 bits per heavy atom. The van der Waals surface area contributed by atoms with Crippen LogP contribution in [0.4, 0.5) is 0 Å². The number of carboxylic acids is 1. The minimum absolute atomic E-state index is 0.0278. The second-order valence-electron chi connectivity index (χ2n) is 9.65. The van der Waals surface area contributed by atoms with E-state index in [0.717, 1.165) is 0 Å². The Kier molecular flexibility index (Phi) is 12.5. The molecule has 0 saturated carbocycles. The lowest BCUT2D eigenvalue weighted by molar-refractivity contribution is -0.143. The van der Waals surface area contributed by atoms with Crippen LogP contribution < -0.4 is 27.8 Å². The number of guanidine groups is 1. The molecule has 1 saturated heterocycles. The summed E-state index contributed by atoms with van der Waals surface area (Å²) >= 11 is 0. The number of carbonyl (C=O) groups excluding carboxylic acids is 3. The predicted octanol–water partition coefficient (Wildman–Crippen LogP) is -0.495. The van der Waals surface area contributed by atoms with E-state index >= 15 is 0 Å². The molecule has 5 atom stereocenters. The van der Waals surface area contributed by atoms with Crippen molar-refractivity contribution in [1.29, 1.82) is 0 Å². The van der Waals surface area contributed by atoms with Crippen LogP contribution in [-0.4, -0.2) is 76.9 Å². The van der Waals surface area contributed by atoms with E-state index in [1.54, 1.807) is 0 Å². The zero-order valence-electron chi connectivity index (χ0n) is 21.3. The SMILES string of the molecule is CCC(C)C(NC(=O)C1CCCN1C(=O)C(N)CCCN=C(N)N)C(=O)NC(CC(C)C)C(=O)O. The van der Waals surface area contributed by atoms with Crippen LogP contribution in [0.3, 0.4) is 0 Å². The molecule has 1 aliphatic heterocycles. The van der Waals surface area contributed by atoms with Crippen LogP contribution >= 0.6 is 0 Å². The van der Waals surface area contributed by atoms with Gasteiger partial charge in [0.25, 0.3) is 0 Å². The maximum absolute atomic E-state index is 13.2. The maximum atomic E-state index is 13.2. The van der Waals surface area contributed by atoms with Gasteiger partial charge in [-0.25, -0.2) is 4.79 Å². The van der Waals surface area contributed by atoms with Gasteiger partial charge < -0.3 is 37.8 Å². The number of aliphatic carboxylic acids is 1. The van der Waals surface area contributed by atoms with Crippen LogP contribution in [0.15, 0.2) is 4.99 Å². The Morgan fingerprint density at radius 1 is 1.14 bits per heavy atom. The summed E-state index contributed by atoms with van der Waals surface area (Å²) in [6, 6.07) is -3.50. The van der Waals surface area contributed by atoms with Crippen LogP contribution in [-0.2, 0) is 19.2 Å². The van der Waals surface area contributed by atoms with Crippen LogP contribution in [0.25, 0.3) is 0 Å². The highest BCUT2D eigenvalue weighted by Gasteiger charge is 2.38. The van der Waals surface area contributed by atoms with Crippen molar-refractivity contribution in [2.24, 2.45) is 34.0 Å². The quantitative estimate of drug-likeness (QED) is 0.104. The van der Waals surface area contributed by atoms with Crippen molar-refractivity contribution < 1.29 is 24.3 Å². The number of rotatable bonds is 14. The number of carbonyl (C=O) groups is 4. The van der Waals surface area contributed by atoms with E-state index in [1.165, 1.54) is 4.90 Å². The highest BCUT2D eigenvalue weighted by molar-refractivity contribution is 5.94. The van der Waals surface area contributed by atoms with Crippen molar-refractivity contribution in [3.05, 3.63) is 0 Å². The molecule has 0 aromatic rings. The van der Waals surface area contributed by atoms with E-state index in [2.05, 4.69) is 15.6 Å². The molecule has 1 rings (SSSR count). The summed E-state index contributed by atoms with van der Waals surface area (Å²) in [5.74, 6) is -2.65. The van der Waals surface area contributed by atoms with Crippen molar-refractivity contribution in [3.8, 4) is 0 Å². The third-order valence-corrected chi connectivity index (χ3v) is 6.24. The Bertz CT molecular complexity index is 769. The second-order valence-corrected chi connectivity index (χ2v) is 9.65. The highest BCUT2D eigenvalue weighted by Crippen LogP contribution is 2.20. The van der Waals surface area contributed by atoms with Gasteiger partial charge in [-0.05, 0) is 43.9 Å².